The zero-order valence-corrected chi connectivity index (χ0v) is 12.7. The van der Waals surface area contributed by atoms with Gasteiger partial charge >= 0.3 is 0 Å². The van der Waals surface area contributed by atoms with Crippen LogP contribution in [0.1, 0.15) is 31.1 Å². The summed E-state index contributed by atoms with van der Waals surface area (Å²) in [7, 11) is 1.74. The number of likely N-dealkylation sites (N-methyl/N-ethyl adjacent to an activating group) is 1. The van der Waals surface area contributed by atoms with E-state index in [9.17, 15) is 4.79 Å². The molecule has 112 valence electrons. The van der Waals surface area contributed by atoms with Gasteiger partial charge in [0.15, 0.2) is 11.5 Å². The first-order chi connectivity index (χ1) is 9.49. The Morgan fingerprint density at radius 3 is 2.40 bits per heavy atom. The van der Waals surface area contributed by atoms with Crippen LogP contribution in [-0.4, -0.2) is 43.7 Å². The zero-order chi connectivity index (χ0) is 15.1. The third-order valence-corrected chi connectivity index (χ3v) is 2.70. The van der Waals surface area contributed by atoms with Crippen molar-refractivity contribution in [2.45, 2.75) is 26.8 Å². The maximum atomic E-state index is 12.3. The number of nitrogens with zero attached hydrogens (tertiary/aromatic N) is 1. The molecule has 0 radical (unpaired) electrons. The summed E-state index contributed by atoms with van der Waals surface area (Å²) in [5.41, 5.74) is 6.28. The summed E-state index contributed by atoms with van der Waals surface area (Å²) in [6, 6.07) is 5.17. The van der Waals surface area contributed by atoms with E-state index in [2.05, 4.69) is 0 Å². The largest absolute Gasteiger partial charge is 0.490 e. The second-order valence-corrected chi connectivity index (χ2v) is 4.69. The van der Waals surface area contributed by atoms with Crippen molar-refractivity contribution in [3.63, 3.8) is 0 Å². The molecular formula is C15H24N2O3. The molecule has 5 nitrogen and oxygen atoms in total. The predicted octanol–water partition coefficient (Wildman–Crippen LogP) is 1.90. The molecule has 0 aliphatic heterocycles. The minimum Gasteiger partial charge on any atom is -0.490 e. The Labute approximate surface area is 120 Å². The van der Waals surface area contributed by atoms with Crippen molar-refractivity contribution in [2.75, 3.05) is 26.8 Å². The van der Waals surface area contributed by atoms with Crippen molar-refractivity contribution in [1.29, 1.82) is 0 Å². The van der Waals surface area contributed by atoms with Crippen LogP contribution in [0.25, 0.3) is 0 Å². The molecule has 1 aromatic carbocycles. The van der Waals surface area contributed by atoms with Gasteiger partial charge in [-0.05, 0) is 39.0 Å². The van der Waals surface area contributed by atoms with Crippen molar-refractivity contribution in [2.24, 2.45) is 5.73 Å². The molecule has 0 heterocycles. The summed E-state index contributed by atoms with van der Waals surface area (Å²) in [5.74, 6) is 1.17. The van der Waals surface area contributed by atoms with Crippen LogP contribution in [0, 0.1) is 0 Å². The van der Waals surface area contributed by atoms with E-state index in [-0.39, 0.29) is 11.9 Å². The van der Waals surface area contributed by atoms with Crippen molar-refractivity contribution in [3.05, 3.63) is 23.8 Å². The van der Waals surface area contributed by atoms with Gasteiger partial charge in [-0.1, -0.05) is 0 Å². The quantitative estimate of drug-likeness (QED) is 0.828. The van der Waals surface area contributed by atoms with Crippen molar-refractivity contribution < 1.29 is 14.3 Å². The number of ether oxygens (including phenoxy) is 2. The van der Waals surface area contributed by atoms with Crippen molar-refractivity contribution in [3.8, 4) is 11.5 Å². The molecule has 1 atom stereocenters. The molecule has 0 aliphatic rings. The second-order valence-electron chi connectivity index (χ2n) is 4.69. The summed E-state index contributed by atoms with van der Waals surface area (Å²) in [4.78, 5) is 13.9. The van der Waals surface area contributed by atoms with E-state index in [0.29, 0.717) is 36.8 Å². The third-order valence-electron chi connectivity index (χ3n) is 2.70. The monoisotopic (exact) mass is 280 g/mol. The lowest BCUT2D eigenvalue weighted by atomic mass is 10.1. The second kappa shape index (κ2) is 7.75. The van der Waals surface area contributed by atoms with Crippen LogP contribution >= 0.6 is 0 Å². The van der Waals surface area contributed by atoms with Gasteiger partial charge in [-0.3, -0.25) is 4.79 Å². The highest BCUT2D eigenvalue weighted by Gasteiger charge is 2.15. The number of carbonyl (C=O) groups excluding carboxylic acids is 1. The molecule has 0 saturated carbocycles. The average Bonchev–Trinajstić information content (AvgIpc) is 2.39. The number of hydrogen-bond acceptors (Lipinski definition) is 4. The first-order valence-corrected chi connectivity index (χ1v) is 6.90. The summed E-state index contributed by atoms with van der Waals surface area (Å²) in [6.45, 7) is 7.26. The number of benzene rings is 1. The smallest absolute Gasteiger partial charge is 0.253 e. The standard InChI is InChI=1S/C15H24N2O3/c1-5-19-13-8-7-12(9-14(13)20-6-2)15(18)17(4)10-11(3)16/h7-9,11H,5-6,10,16H2,1-4H3. The highest BCUT2D eigenvalue weighted by atomic mass is 16.5. The Morgan fingerprint density at radius 1 is 1.25 bits per heavy atom. The fourth-order valence-corrected chi connectivity index (χ4v) is 1.92. The molecule has 20 heavy (non-hydrogen) atoms. The fourth-order valence-electron chi connectivity index (χ4n) is 1.92. The van der Waals surface area contributed by atoms with E-state index in [1.165, 1.54) is 0 Å². The number of hydrogen-bond donors (Lipinski definition) is 1. The maximum absolute atomic E-state index is 12.3. The van der Waals surface area contributed by atoms with Crippen LogP contribution in [0.15, 0.2) is 18.2 Å². The van der Waals surface area contributed by atoms with Crippen molar-refractivity contribution in [1.82, 2.24) is 4.90 Å². The van der Waals surface area contributed by atoms with Crippen LogP contribution < -0.4 is 15.2 Å². The van der Waals surface area contributed by atoms with Gasteiger partial charge < -0.3 is 20.1 Å². The SMILES string of the molecule is CCOc1ccc(C(=O)N(C)CC(C)N)cc1OCC. The number of nitrogens with two attached hydrogens (primary N) is 1. The lowest BCUT2D eigenvalue weighted by Crippen LogP contribution is -2.36. The van der Waals surface area contributed by atoms with Gasteiger partial charge in [-0.2, -0.15) is 0 Å². The van der Waals surface area contributed by atoms with Gasteiger partial charge in [0.25, 0.3) is 5.91 Å². The van der Waals surface area contributed by atoms with Crippen LogP contribution in [0.5, 0.6) is 11.5 Å². The molecule has 0 spiro atoms. The molecule has 0 bridgehead atoms. The van der Waals surface area contributed by atoms with Gasteiger partial charge in [0.2, 0.25) is 0 Å². The first-order valence-electron chi connectivity index (χ1n) is 6.90. The van der Waals surface area contributed by atoms with Crippen LogP contribution in [-0.2, 0) is 0 Å². The molecular weight excluding hydrogens is 256 g/mol. The van der Waals surface area contributed by atoms with E-state index >= 15 is 0 Å². The average molecular weight is 280 g/mol. The Balaban J connectivity index is 2.95. The van der Waals surface area contributed by atoms with Crippen LogP contribution in [0.3, 0.4) is 0 Å². The molecule has 0 aromatic heterocycles. The summed E-state index contributed by atoms with van der Waals surface area (Å²) in [6.07, 6.45) is 0. The van der Waals surface area contributed by atoms with Gasteiger partial charge in [0.05, 0.1) is 13.2 Å². The topological polar surface area (TPSA) is 64.8 Å². The molecule has 0 fully saturated rings. The molecule has 1 amide bonds. The predicted molar refractivity (Wildman–Crippen MR) is 79.4 cm³/mol. The van der Waals surface area contributed by atoms with Crippen LogP contribution in [0.4, 0.5) is 0 Å². The van der Waals surface area contributed by atoms with Crippen LogP contribution in [0.2, 0.25) is 0 Å². The molecule has 5 heteroatoms. The van der Waals surface area contributed by atoms with E-state index in [1.54, 1.807) is 30.1 Å². The fraction of sp³-hybridized carbons (Fsp3) is 0.533. The number of rotatable bonds is 7. The Morgan fingerprint density at radius 2 is 1.85 bits per heavy atom. The normalized spacial score (nSPS) is 11.8. The minimum atomic E-state index is -0.0775. The van der Waals surface area contributed by atoms with Gasteiger partial charge in [0.1, 0.15) is 0 Å². The summed E-state index contributed by atoms with van der Waals surface area (Å²) < 4.78 is 11.0. The molecule has 1 aromatic rings. The van der Waals surface area contributed by atoms with Gasteiger partial charge in [-0.15, -0.1) is 0 Å². The molecule has 0 aliphatic carbocycles. The zero-order valence-electron chi connectivity index (χ0n) is 12.7. The summed E-state index contributed by atoms with van der Waals surface area (Å²) >= 11 is 0. The minimum absolute atomic E-state index is 0.0574. The highest BCUT2D eigenvalue weighted by molar-refractivity contribution is 5.94. The van der Waals surface area contributed by atoms with Crippen molar-refractivity contribution >= 4 is 5.91 Å². The Bertz CT molecular complexity index is 447. The number of carbonyl (C=O) groups is 1. The van der Waals surface area contributed by atoms with E-state index in [0.717, 1.165) is 0 Å². The lowest BCUT2D eigenvalue weighted by molar-refractivity contribution is 0.0788. The maximum Gasteiger partial charge on any atom is 0.253 e. The number of amides is 1. The Kier molecular flexibility index (Phi) is 6.31. The first kappa shape index (κ1) is 16.3. The Hall–Kier alpha value is -1.75. The third kappa shape index (κ3) is 4.42. The highest BCUT2D eigenvalue weighted by Crippen LogP contribution is 2.28. The molecule has 1 unspecified atom stereocenters. The summed E-state index contributed by atoms with van der Waals surface area (Å²) in [5, 5.41) is 0. The lowest BCUT2D eigenvalue weighted by Gasteiger charge is -2.20. The molecule has 1 rings (SSSR count). The molecule has 0 saturated heterocycles. The van der Waals surface area contributed by atoms with E-state index < -0.39 is 0 Å². The van der Waals surface area contributed by atoms with E-state index in [1.807, 2.05) is 20.8 Å². The van der Waals surface area contributed by atoms with Gasteiger partial charge in [-0.25, -0.2) is 0 Å². The van der Waals surface area contributed by atoms with E-state index in [4.69, 9.17) is 15.2 Å². The molecule has 2 N–H and O–H groups in total. The van der Waals surface area contributed by atoms with Gasteiger partial charge in [0, 0.05) is 25.2 Å².